The predicted molar refractivity (Wildman–Crippen MR) is 207 cm³/mol. The van der Waals surface area contributed by atoms with Crippen LogP contribution in [0.5, 0.6) is 0 Å². The van der Waals surface area contributed by atoms with E-state index in [4.69, 9.17) is 21.5 Å². The zero-order valence-electron chi connectivity index (χ0n) is 32.1. The summed E-state index contributed by atoms with van der Waals surface area (Å²) >= 11 is 0. The minimum atomic E-state index is -2.26. The molecule has 7 aromatic rings. The van der Waals surface area contributed by atoms with Gasteiger partial charge in [0.15, 0.2) is 23.5 Å². The number of aromatic nitrogens is 3. The summed E-state index contributed by atoms with van der Waals surface area (Å²) in [5, 5.41) is 10.0. The first-order valence-electron chi connectivity index (χ1n) is 19.2. The van der Waals surface area contributed by atoms with Crippen molar-refractivity contribution in [2.24, 2.45) is 0 Å². The van der Waals surface area contributed by atoms with Gasteiger partial charge >= 0.3 is 5.54 Å². The molecule has 2 aliphatic rings. The second-order valence-corrected chi connectivity index (χ2v) is 13.2. The van der Waals surface area contributed by atoms with Gasteiger partial charge in [-0.1, -0.05) is 133 Å². The third kappa shape index (κ3) is 5.27. The Morgan fingerprint density at radius 2 is 0.981 bits per heavy atom. The molecule has 1 heterocycles. The zero-order valence-corrected chi connectivity index (χ0v) is 28.1. The summed E-state index contributed by atoms with van der Waals surface area (Å²) in [6.45, 7) is 7.80. The average Bonchev–Trinajstić information content (AvgIpc) is 3.55. The fourth-order valence-electron chi connectivity index (χ4n) is 7.36. The highest BCUT2D eigenvalue weighted by Gasteiger charge is 2.52. The van der Waals surface area contributed by atoms with Gasteiger partial charge in [-0.3, -0.25) is 4.85 Å². The number of nitrogens with zero attached hydrogens (tertiary/aromatic N) is 5. The van der Waals surface area contributed by atoms with Crippen LogP contribution < -0.4 is 0 Å². The molecule has 0 amide bonds. The van der Waals surface area contributed by atoms with Crippen molar-refractivity contribution >= 4 is 0 Å². The second kappa shape index (κ2) is 12.6. The van der Waals surface area contributed by atoms with E-state index in [2.05, 4.69) is 17.0 Å². The molecule has 5 nitrogen and oxygen atoms in total. The van der Waals surface area contributed by atoms with Crippen LogP contribution in [0.15, 0.2) is 152 Å². The Hall–Kier alpha value is -6.69. The Morgan fingerprint density at radius 1 is 0.519 bits per heavy atom. The molecule has 0 bridgehead atoms. The van der Waals surface area contributed by atoms with Gasteiger partial charge in [-0.25, -0.2) is 21.5 Å². The Kier molecular flexibility index (Phi) is 6.55. The molecule has 1 fully saturated rings. The summed E-state index contributed by atoms with van der Waals surface area (Å²) in [5.74, 6) is 1.71. The summed E-state index contributed by atoms with van der Waals surface area (Å²) in [6.07, 6.45) is -5.31. The Balaban J connectivity index is 1.14. The fourth-order valence-corrected chi connectivity index (χ4v) is 7.36. The lowest BCUT2D eigenvalue weighted by atomic mass is 9.63. The number of hydrogen-bond donors (Lipinski definition) is 0. The minimum absolute atomic E-state index is 0.399. The van der Waals surface area contributed by atoms with Gasteiger partial charge in [0.1, 0.15) is 0 Å². The van der Waals surface area contributed by atoms with Crippen LogP contribution in [0.25, 0.3) is 72.4 Å². The summed E-state index contributed by atoms with van der Waals surface area (Å²) < 4.78 is 38.0. The van der Waals surface area contributed by atoms with Gasteiger partial charge in [-0.15, -0.1) is 0 Å². The van der Waals surface area contributed by atoms with Crippen molar-refractivity contribution in [2.45, 2.75) is 36.5 Å². The number of hydrogen-bond acceptors (Lipinski definition) is 4. The molecule has 1 saturated carbocycles. The summed E-state index contributed by atoms with van der Waals surface area (Å²) in [6, 6.07) is 51.1. The van der Waals surface area contributed by atoms with Crippen LogP contribution in [0, 0.1) is 17.9 Å². The molecule has 246 valence electrons. The molecule has 6 aromatic carbocycles. The molecular formula is C47H33N5. The van der Waals surface area contributed by atoms with Gasteiger partial charge in [0.25, 0.3) is 0 Å². The molecule has 0 radical (unpaired) electrons. The molecule has 2 aliphatic carbocycles. The van der Waals surface area contributed by atoms with Gasteiger partial charge < -0.3 is 0 Å². The molecule has 0 aliphatic heterocycles. The molecule has 5 heteroatoms. The Bertz CT molecular complexity index is 2660. The SMILES string of the molecule is [2H]C1([2H])CC(C#N)([N+]#[C-])CC([2H])([2H])C12c1ccccc1-c1ccc(-c3cccc(-c4cccc(-c5nc(-c6ccccc6)nc(-c6ccccc6)n5)c4)c3)cc12. The maximum atomic E-state index is 10.0. The monoisotopic (exact) mass is 671 g/mol. The number of benzene rings is 6. The largest absolute Gasteiger partial charge is 0.315 e. The van der Waals surface area contributed by atoms with E-state index in [0.717, 1.165) is 50.1 Å². The first kappa shape index (κ1) is 27.1. The lowest BCUT2D eigenvalue weighted by Crippen LogP contribution is -2.38. The van der Waals surface area contributed by atoms with Crippen molar-refractivity contribution < 1.29 is 5.48 Å². The van der Waals surface area contributed by atoms with Crippen molar-refractivity contribution in [1.82, 2.24) is 15.0 Å². The maximum absolute atomic E-state index is 10.0. The highest BCUT2D eigenvalue weighted by Crippen LogP contribution is 2.58. The second-order valence-electron chi connectivity index (χ2n) is 13.2. The third-order valence-corrected chi connectivity index (χ3v) is 10.1. The van der Waals surface area contributed by atoms with Gasteiger partial charge in [0.05, 0.1) is 0 Å². The van der Waals surface area contributed by atoms with E-state index in [1.807, 2.05) is 133 Å². The molecular weight excluding hydrogens is 635 g/mol. The number of nitriles is 1. The smallest absolute Gasteiger partial charge is 0.294 e. The summed E-state index contributed by atoms with van der Waals surface area (Å²) in [5.41, 5.74) is 5.27. The standard InChI is InChI=1S/C47H33N5/c1-49-46(31-48)24-26-47(27-25-46)41-21-9-8-20-39(41)40-23-22-37(30-42(40)47)35-17-10-16-34(28-35)36-18-11-19-38(29-36)45-51-43(32-12-4-2-5-13-32)50-44(52-45)33-14-6-3-7-15-33/h2-23,28-30H,24-27H2/i26D2,27D2. The molecule has 52 heavy (non-hydrogen) atoms. The first-order valence-corrected chi connectivity index (χ1v) is 17.2. The minimum Gasteiger partial charge on any atom is -0.294 e. The predicted octanol–water partition coefficient (Wildman–Crippen LogP) is 11.2. The topological polar surface area (TPSA) is 66.8 Å². The van der Waals surface area contributed by atoms with Crippen LogP contribution in [0.4, 0.5) is 0 Å². The van der Waals surface area contributed by atoms with Gasteiger partial charge in [-0.05, 0) is 75.5 Å². The van der Waals surface area contributed by atoms with E-state index in [-0.39, 0.29) is 0 Å². The quantitative estimate of drug-likeness (QED) is 0.171. The highest BCUT2D eigenvalue weighted by atomic mass is 15.0. The van der Waals surface area contributed by atoms with Crippen LogP contribution in [-0.4, -0.2) is 20.5 Å². The summed E-state index contributed by atoms with van der Waals surface area (Å²) in [7, 11) is 0. The molecule has 1 aromatic heterocycles. The lowest BCUT2D eigenvalue weighted by molar-refractivity contribution is 0.303. The average molecular weight is 672 g/mol. The third-order valence-electron chi connectivity index (χ3n) is 10.1. The number of rotatable bonds is 5. The van der Waals surface area contributed by atoms with Crippen molar-refractivity contribution in [2.75, 3.05) is 0 Å². The lowest BCUT2D eigenvalue weighted by Gasteiger charge is -2.38. The van der Waals surface area contributed by atoms with E-state index >= 15 is 0 Å². The molecule has 0 N–H and O–H groups in total. The van der Waals surface area contributed by atoms with Crippen LogP contribution in [0.2, 0.25) is 0 Å². The van der Waals surface area contributed by atoms with Crippen molar-refractivity contribution in [3.05, 3.63) is 174 Å². The van der Waals surface area contributed by atoms with E-state index in [0.29, 0.717) is 28.6 Å². The van der Waals surface area contributed by atoms with E-state index in [9.17, 15) is 10.7 Å². The fraction of sp³-hybridized carbons (Fsp3) is 0.128. The molecule has 9 rings (SSSR count). The van der Waals surface area contributed by atoms with E-state index < -0.39 is 36.5 Å². The first-order chi connectivity index (χ1) is 27.1. The summed E-state index contributed by atoms with van der Waals surface area (Å²) in [4.78, 5) is 18.2. The van der Waals surface area contributed by atoms with Crippen molar-refractivity contribution in [1.29, 1.82) is 5.26 Å². The van der Waals surface area contributed by atoms with Gasteiger partial charge in [0.2, 0.25) is 0 Å². The highest BCUT2D eigenvalue weighted by molar-refractivity contribution is 5.85. The Morgan fingerprint density at radius 3 is 1.56 bits per heavy atom. The van der Waals surface area contributed by atoms with Crippen LogP contribution in [0.1, 0.15) is 42.2 Å². The molecule has 1 spiro atoms. The zero-order chi connectivity index (χ0) is 38.7. The van der Waals surface area contributed by atoms with Crippen LogP contribution in [0.3, 0.4) is 0 Å². The number of fused-ring (bicyclic) bond motifs is 5. The molecule has 0 unspecified atom stereocenters. The van der Waals surface area contributed by atoms with E-state index in [1.165, 1.54) is 0 Å². The van der Waals surface area contributed by atoms with Gasteiger partial charge in [0, 0.05) is 40.4 Å². The molecule has 0 saturated heterocycles. The van der Waals surface area contributed by atoms with Gasteiger partial charge in [-0.2, -0.15) is 5.26 Å². The normalized spacial score (nSPS) is 18.0. The van der Waals surface area contributed by atoms with Crippen LogP contribution >= 0.6 is 0 Å². The Labute approximate surface area is 309 Å². The molecule has 0 atom stereocenters. The van der Waals surface area contributed by atoms with Crippen molar-refractivity contribution in [3.63, 3.8) is 0 Å². The van der Waals surface area contributed by atoms with Crippen molar-refractivity contribution in [3.8, 4) is 73.6 Å². The van der Waals surface area contributed by atoms with Crippen LogP contribution in [-0.2, 0) is 5.41 Å². The maximum Gasteiger partial charge on any atom is 0.315 e. The van der Waals surface area contributed by atoms with E-state index in [1.54, 1.807) is 12.1 Å².